The zero-order valence-electron chi connectivity index (χ0n) is 12.1. The van der Waals surface area contributed by atoms with Gasteiger partial charge >= 0.3 is 0 Å². The van der Waals surface area contributed by atoms with Crippen LogP contribution < -0.4 is 0 Å². The molecule has 0 aliphatic heterocycles. The van der Waals surface area contributed by atoms with Gasteiger partial charge in [-0.25, -0.2) is 0 Å². The number of pyridine rings is 1. The maximum atomic E-state index is 4.61. The minimum atomic E-state index is 1.01. The van der Waals surface area contributed by atoms with E-state index in [1.165, 1.54) is 21.9 Å². The van der Waals surface area contributed by atoms with Crippen LogP contribution in [0.5, 0.6) is 0 Å². The molecular weight excluding hydrogens is 266 g/mol. The highest BCUT2D eigenvalue weighted by Gasteiger charge is 2.03. The van der Waals surface area contributed by atoms with Crippen molar-refractivity contribution in [2.24, 2.45) is 0 Å². The standard InChI is InChI=1S/C21H15N/c1-2-7-16(8-3-1)17-11-6-12-19(13-17)21-14-18-9-4-5-10-20(18)15-22-21/h1-15H. The van der Waals surface area contributed by atoms with E-state index in [1.807, 2.05) is 18.3 Å². The largest absolute Gasteiger partial charge is 0.256 e. The molecule has 0 saturated heterocycles. The molecule has 0 radical (unpaired) electrons. The highest BCUT2D eigenvalue weighted by molar-refractivity contribution is 5.85. The number of nitrogens with zero attached hydrogens (tertiary/aromatic N) is 1. The first kappa shape index (κ1) is 12.8. The van der Waals surface area contributed by atoms with Gasteiger partial charge in [0, 0.05) is 17.1 Å². The third kappa shape index (κ3) is 2.38. The molecule has 0 amide bonds. The lowest BCUT2D eigenvalue weighted by Gasteiger charge is -2.06. The molecule has 0 saturated carbocycles. The molecule has 3 aromatic carbocycles. The van der Waals surface area contributed by atoms with Crippen molar-refractivity contribution >= 4 is 10.8 Å². The van der Waals surface area contributed by atoms with Crippen molar-refractivity contribution in [3.05, 3.63) is 91.1 Å². The summed E-state index contributed by atoms with van der Waals surface area (Å²) >= 11 is 0. The van der Waals surface area contributed by atoms with E-state index >= 15 is 0 Å². The number of fused-ring (bicyclic) bond motifs is 1. The van der Waals surface area contributed by atoms with Crippen molar-refractivity contribution in [3.8, 4) is 22.4 Å². The average molecular weight is 281 g/mol. The molecule has 104 valence electrons. The van der Waals surface area contributed by atoms with E-state index in [2.05, 4.69) is 77.8 Å². The second-order valence-electron chi connectivity index (χ2n) is 5.36. The fraction of sp³-hybridized carbons (Fsp3) is 0. The summed E-state index contributed by atoms with van der Waals surface area (Å²) in [5.41, 5.74) is 4.60. The topological polar surface area (TPSA) is 12.9 Å². The Hall–Kier alpha value is -2.93. The smallest absolute Gasteiger partial charge is 0.0708 e. The Morgan fingerprint density at radius 1 is 0.500 bits per heavy atom. The van der Waals surface area contributed by atoms with Crippen molar-refractivity contribution in [2.45, 2.75) is 0 Å². The van der Waals surface area contributed by atoms with E-state index in [4.69, 9.17) is 0 Å². The van der Waals surface area contributed by atoms with Gasteiger partial charge in [-0.2, -0.15) is 0 Å². The molecule has 22 heavy (non-hydrogen) atoms. The first-order valence-corrected chi connectivity index (χ1v) is 7.41. The van der Waals surface area contributed by atoms with Gasteiger partial charge < -0.3 is 0 Å². The van der Waals surface area contributed by atoms with Gasteiger partial charge in [0.2, 0.25) is 0 Å². The van der Waals surface area contributed by atoms with Gasteiger partial charge in [-0.3, -0.25) is 4.98 Å². The minimum Gasteiger partial charge on any atom is -0.256 e. The summed E-state index contributed by atoms with van der Waals surface area (Å²) in [6, 6.07) is 29.5. The molecule has 1 heteroatoms. The highest BCUT2D eigenvalue weighted by atomic mass is 14.7. The molecule has 4 rings (SSSR count). The Kier molecular flexibility index (Phi) is 3.17. The van der Waals surface area contributed by atoms with Crippen LogP contribution in [0.25, 0.3) is 33.2 Å². The zero-order chi connectivity index (χ0) is 14.8. The SMILES string of the molecule is c1ccc(-c2cccc(-c3cc4ccccc4cn3)c2)cc1. The number of benzene rings is 3. The van der Waals surface area contributed by atoms with Crippen molar-refractivity contribution < 1.29 is 0 Å². The molecule has 0 aliphatic carbocycles. The number of rotatable bonds is 2. The van der Waals surface area contributed by atoms with Crippen molar-refractivity contribution in [1.82, 2.24) is 4.98 Å². The molecule has 0 N–H and O–H groups in total. The van der Waals surface area contributed by atoms with Crippen molar-refractivity contribution in [1.29, 1.82) is 0 Å². The first-order chi connectivity index (χ1) is 10.9. The second-order valence-corrected chi connectivity index (χ2v) is 5.36. The van der Waals surface area contributed by atoms with Crippen LogP contribution in [-0.2, 0) is 0 Å². The molecule has 0 atom stereocenters. The van der Waals surface area contributed by atoms with E-state index in [9.17, 15) is 0 Å². The Labute approximate surface area is 129 Å². The van der Waals surface area contributed by atoms with Crippen LogP contribution in [0.3, 0.4) is 0 Å². The normalized spacial score (nSPS) is 10.7. The molecule has 0 aliphatic rings. The maximum absolute atomic E-state index is 4.61. The van der Waals surface area contributed by atoms with E-state index in [1.54, 1.807) is 0 Å². The summed E-state index contributed by atoms with van der Waals surface area (Å²) < 4.78 is 0. The lowest BCUT2D eigenvalue weighted by atomic mass is 10.0. The summed E-state index contributed by atoms with van der Waals surface area (Å²) in [6.07, 6.45) is 1.94. The van der Waals surface area contributed by atoms with Crippen LogP contribution in [0.15, 0.2) is 91.1 Å². The third-order valence-electron chi connectivity index (χ3n) is 3.90. The van der Waals surface area contributed by atoms with Gasteiger partial charge in [0.25, 0.3) is 0 Å². The van der Waals surface area contributed by atoms with Crippen molar-refractivity contribution in [2.75, 3.05) is 0 Å². The molecular formula is C21H15N. The molecule has 0 bridgehead atoms. The van der Waals surface area contributed by atoms with Crippen LogP contribution >= 0.6 is 0 Å². The average Bonchev–Trinajstić information content (AvgIpc) is 2.62. The van der Waals surface area contributed by atoms with Crippen LogP contribution in [-0.4, -0.2) is 4.98 Å². The fourth-order valence-electron chi connectivity index (χ4n) is 2.73. The fourth-order valence-corrected chi connectivity index (χ4v) is 2.73. The van der Waals surface area contributed by atoms with E-state index < -0.39 is 0 Å². The van der Waals surface area contributed by atoms with E-state index in [0.29, 0.717) is 0 Å². The summed E-state index contributed by atoms with van der Waals surface area (Å²) in [6.45, 7) is 0. The molecule has 0 fully saturated rings. The van der Waals surface area contributed by atoms with E-state index in [0.717, 1.165) is 11.3 Å². The molecule has 0 unspecified atom stereocenters. The lowest BCUT2D eigenvalue weighted by Crippen LogP contribution is -1.85. The number of aromatic nitrogens is 1. The summed E-state index contributed by atoms with van der Waals surface area (Å²) in [5.74, 6) is 0. The second kappa shape index (κ2) is 5.45. The monoisotopic (exact) mass is 281 g/mol. The number of hydrogen-bond acceptors (Lipinski definition) is 1. The van der Waals surface area contributed by atoms with Gasteiger partial charge in [-0.15, -0.1) is 0 Å². The Balaban J connectivity index is 1.81. The van der Waals surface area contributed by atoms with Gasteiger partial charge in [0.15, 0.2) is 0 Å². The molecule has 4 aromatic rings. The maximum Gasteiger partial charge on any atom is 0.0708 e. The molecule has 1 heterocycles. The van der Waals surface area contributed by atoms with Crippen LogP contribution in [0.4, 0.5) is 0 Å². The first-order valence-electron chi connectivity index (χ1n) is 7.41. The predicted molar refractivity (Wildman–Crippen MR) is 92.6 cm³/mol. The Morgan fingerprint density at radius 3 is 2.05 bits per heavy atom. The Bertz CT molecular complexity index is 926. The Morgan fingerprint density at radius 2 is 1.18 bits per heavy atom. The van der Waals surface area contributed by atoms with Gasteiger partial charge in [0.1, 0.15) is 0 Å². The third-order valence-corrected chi connectivity index (χ3v) is 3.90. The van der Waals surface area contributed by atoms with Crippen molar-refractivity contribution in [3.63, 3.8) is 0 Å². The quantitative estimate of drug-likeness (QED) is 0.468. The summed E-state index contributed by atoms with van der Waals surface area (Å²) in [4.78, 5) is 4.61. The molecule has 1 aromatic heterocycles. The van der Waals surface area contributed by atoms with Gasteiger partial charge in [0.05, 0.1) is 5.69 Å². The zero-order valence-corrected chi connectivity index (χ0v) is 12.1. The highest BCUT2D eigenvalue weighted by Crippen LogP contribution is 2.26. The predicted octanol–water partition coefficient (Wildman–Crippen LogP) is 5.57. The van der Waals surface area contributed by atoms with Crippen LogP contribution in [0.1, 0.15) is 0 Å². The lowest BCUT2D eigenvalue weighted by molar-refractivity contribution is 1.36. The van der Waals surface area contributed by atoms with Gasteiger partial charge in [-0.05, 0) is 28.6 Å². The molecule has 0 spiro atoms. The summed E-state index contributed by atoms with van der Waals surface area (Å²) in [7, 11) is 0. The number of hydrogen-bond donors (Lipinski definition) is 0. The van der Waals surface area contributed by atoms with Crippen LogP contribution in [0.2, 0.25) is 0 Å². The summed E-state index contributed by atoms with van der Waals surface area (Å²) in [5, 5.41) is 2.39. The molecule has 1 nitrogen and oxygen atoms in total. The van der Waals surface area contributed by atoms with E-state index in [-0.39, 0.29) is 0 Å². The minimum absolute atomic E-state index is 1.01. The van der Waals surface area contributed by atoms with Crippen LogP contribution in [0, 0.1) is 0 Å². The van der Waals surface area contributed by atoms with Gasteiger partial charge in [-0.1, -0.05) is 72.8 Å².